The van der Waals surface area contributed by atoms with E-state index in [1.807, 2.05) is 0 Å². The van der Waals surface area contributed by atoms with Gasteiger partial charge in [0.2, 0.25) is 5.91 Å². The molecule has 0 spiro atoms. The molecule has 7 nitrogen and oxygen atoms in total. The molecule has 0 aromatic heterocycles. The van der Waals surface area contributed by atoms with E-state index >= 15 is 0 Å². The lowest BCUT2D eigenvalue weighted by Gasteiger charge is -2.33. The maximum atomic E-state index is 13.0. The summed E-state index contributed by atoms with van der Waals surface area (Å²) in [5.41, 5.74) is 1.09. The molecule has 1 aromatic carbocycles. The predicted octanol–water partition coefficient (Wildman–Crippen LogP) is 2.99. The Hall–Kier alpha value is -2.70. The highest BCUT2D eigenvalue weighted by Gasteiger charge is 2.38. The normalized spacial score (nSPS) is 20.4. The number of benzene rings is 1. The maximum absolute atomic E-state index is 13.0. The molecule has 166 valence electrons. The van der Waals surface area contributed by atoms with Gasteiger partial charge in [0.1, 0.15) is 0 Å². The van der Waals surface area contributed by atoms with E-state index in [-0.39, 0.29) is 41.6 Å². The summed E-state index contributed by atoms with van der Waals surface area (Å²) in [6.45, 7) is 4.73. The van der Waals surface area contributed by atoms with Gasteiger partial charge < -0.3 is 10.2 Å². The number of carbonyl (C=O) groups excluding carboxylic acids is 4. The van der Waals surface area contributed by atoms with E-state index < -0.39 is 0 Å². The molecular formula is C24H31N3O4. The van der Waals surface area contributed by atoms with Crippen molar-refractivity contribution in [1.29, 1.82) is 0 Å². The van der Waals surface area contributed by atoms with Crippen LogP contribution in [0.5, 0.6) is 0 Å². The van der Waals surface area contributed by atoms with Crippen LogP contribution in [0.25, 0.3) is 0 Å². The number of nitrogens with one attached hydrogen (secondary N) is 1. The first-order valence-electron chi connectivity index (χ1n) is 11.5. The molecular weight excluding hydrogens is 394 g/mol. The van der Waals surface area contributed by atoms with Gasteiger partial charge in [-0.25, -0.2) is 0 Å². The number of rotatable bonds is 4. The van der Waals surface area contributed by atoms with E-state index in [9.17, 15) is 19.2 Å². The minimum atomic E-state index is -0.339. The third kappa shape index (κ3) is 4.23. The first-order valence-corrected chi connectivity index (χ1v) is 11.5. The Morgan fingerprint density at radius 1 is 0.935 bits per heavy atom. The molecule has 1 N–H and O–H groups in total. The highest BCUT2D eigenvalue weighted by molar-refractivity contribution is 6.22. The molecule has 4 rings (SSSR count). The fourth-order valence-corrected chi connectivity index (χ4v) is 4.95. The number of carbonyl (C=O) groups is 4. The van der Waals surface area contributed by atoms with E-state index in [0.717, 1.165) is 38.5 Å². The second kappa shape index (κ2) is 8.81. The zero-order chi connectivity index (χ0) is 22.1. The van der Waals surface area contributed by atoms with E-state index in [1.54, 1.807) is 36.9 Å². The van der Waals surface area contributed by atoms with Crippen molar-refractivity contribution in [2.45, 2.75) is 70.9 Å². The van der Waals surface area contributed by atoms with E-state index in [0.29, 0.717) is 29.8 Å². The monoisotopic (exact) mass is 425 g/mol. The van der Waals surface area contributed by atoms with Crippen LogP contribution in [-0.4, -0.2) is 58.6 Å². The number of amides is 4. The van der Waals surface area contributed by atoms with Gasteiger partial charge in [0.15, 0.2) is 0 Å². The average molecular weight is 426 g/mol. The van der Waals surface area contributed by atoms with E-state index in [2.05, 4.69) is 5.32 Å². The van der Waals surface area contributed by atoms with Crippen molar-refractivity contribution in [2.24, 2.45) is 5.92 Å². The molecule has 31 heavy (non-hydrogen) atoms. The second-order valence-electron chi connectivity index (χ2n) is 9.24. The summed E-state index contributed by atoms with van der Waals surface area (Å²) in [7, 11) is 0. The van der Waals surface area contributed by atoms with E-state index in [1.165, 1.54) is 11.3 Å². The lowest BCUT2D eigenvalue weighted by Crippen LogP contribution is -2.48. The number of likely N-dealkylation sites (tertiary alicyclic amines) is 1. The smallest absolute Gasteiger partial charge is 0.261 e. The number of imide groups is 1. The SMILES string of the molecule is CC(C)N1C(=O)c2ccc(C(=O)N3CCC(NC(=O)C4CCCCC4)CC3)cc2C1=O. The molecule has 4 amide bonds. The summed E-state index contributed by atoms with van der Waals surface area (Å²) < 4.78 is 0. The Balaban J connectivity index is 1.36. The summed E-state index contributed by atoms with van der Waals surface area (Å²) in [6.07, 6.45) is 6.92. The van der Waals surface area contributed by atoms with Crippen LogP contribution in [0.15, 0.2) is 18.2 Å². The van der Waals surface area contributed by atoms with Crippen LogP contribution in [0, 0.1) is 5.92 Å². The summed E-state index contributed by atoms with van der Waals surface area (Å²) in [5, 5.41) is 3.18. The zero-order valence-electron chi connectivity index (χ0n) is 18.4. The predicted molar refractivity (Wildman–Crippen MR) is 116 cm³/mol. The number of nitrogens with zero attached hydrogens (tertiary/aromatic N) is 2. The third-order valence-electron chi connectivity index (χ3n) is 6.79. The Kier molecular flexibility index (Phi) is 6.12. The van der Waals surface area contributed by atoms with Crippen LogP contribution in [0.1, 0.15) is 89.9 Å². The highest BCUT2D eigenvalue weighted by Crippen LogP contribution is 2.27. The molecule has 3 aliphatic rings. The minimum absolute atomic E-state index is 0.109. The Labute approximate surface area is 183 Å². The summed E-state index contributed by atoms with van der Waals surface area (Å²) in [5.74, 6) is -0.466. The van der Waals surface area contributed by atoms with Gasteiger partial charge in [-0.3, -0.25) is 24.1 Å². The van der Waals surface area contributed by atoms with Crippen molar-refractivity contribution in [2.75, 3.05) is 13.1 Å². The quantitative estimate of drug-likeness (QED) is 0.752. The van der Waals surface area contributed by atoms with Gasteiger partial charge in [0, 0.05) is 36.7 Å². The number of piperidine rings is 1. The van der Waals surface area contributed by atoms with Crippen LogP contribution < -0.4 is 5.32 Å². The minimum Gasteiger partial charge on any atom is -0.353 e. The van der Waals surface area contributed by atoms with Gasteiger partial charge >= 0.3 is 0 Å². The fourth-order valence-electron chi connectivity index (χ4n) is 4.95. The van der Waals surface area contributed by atoms with Crippen molar-refractivity contribution >= 4 is 23.6 Å². The fraction of sp³-hybridized carbons (Fsp3) is 0.583. The molecule has 2 aliphatic heterocycles. The lowest BCUT2D eigenvalue weighted by atomic mass is 9.88. The van der Waals surface area contributed by atoms with Gasteiger partial charge in [-0.2, -0.15) is 0 Å². The molecule has 0 atom stereocenters. The molecule has 0 radical (unpaired) electrons. The van der Waals surface area contributed by atoms with Gasteiger partial charge in [-0.05, 0) is 57.7 Å². The molecule has 2 fully saturated rings. The Morgan fingerprint density at radius 2 is 1.58 bits per heavy atom. The van der Waals surface area contributed by atoms with Gasteiger partial charge in [-0.1, -0.05) is 19.3 Å². The third-order valence-corrected chi connectivity index (χ3v) is 6.79. The summed E-state index contributed by atoms with van der Waals surface area (Å²) in [6, 6.07) is 4.65. The van der Waals surface area contributed by atoms with Crippen molar-refractivity contribution in [3.8, 4) is 0 Å². The first kappa shape index (κ1) is 21.5. The molecule has 7 heteroatoms. The Morgan fingerprint density at radius 3 is 2.23 bits per heavy atom. The van der Waals surface area contributed by atoms with Crippen LogP contribution in [0.4, 0.5) is 0 Å². The highest BCUT2D eigenvalue weighted by atomic mass is 16.2. The number of hydrogen-bond donors (Lipinski definition) is 1. The largest absolute Gasteiger partial charge is 0.353 e. The lowest BCUT2D eigenvalue weighted by molar-refractivity contribution is -0.126. The first-order chi connectivity index (χ1) is 14.9. The van der Waals surface area contributed by atoms with Crippen molar-refractivity contribution in [1.82, 2.24) is 15.1 Å². The van der Waals surface area contributed by atoms with Crippen LogP contribution in [0.2, 0.25) is 0 Å². The van der Waals surface area contributed by atoms with Gasteiger partial charge in [0.25, 0.3) is 17.7 Å². The van der Waals surface area contributed by atoms with Crippen molar-refractivity contribution in [3.05, 3.63) is 34.9 Å². The maximum Gasteiger partial charge on any atom is 0.261 e. The zero-order valence-corrected chi connectivity index (χ0v) is 18.4. The van der Waals surface area contributed by atoms with Crippen LogP contribution in [0.3, 0.4) is 0 Å². The Bertz CT molecular complexity index is 896. The molecule has 1 aromatic rings. The second-order valence-corrected chi connectivity index (χ2v) is 9.24. The molecule has 1 saturated carbocycles. The molecule has 2 heterocycles. The van der Waals surface area contributed by atoms with E-state index in [4.69, 9.17) is 0 Å². The average Bonchev–Trinajstić information content (AvgIpc) is 3.04. The number of hydrogen-bond acceptors (Lipinski definition) is 4. The molecule has 1 aliphatic carbocycles. The van der Waals surface area contributed by atoms with Crippen molar-refractivity contribution < 1.29 is 19.2 Å². The summed E-state index contributed by atoms with van der Waals surface area (Å²) in [4.78, 5) is 53.6. The topological polar surface area (TPSA) is 86.8 Å². The molecule has 1 saturated heterocycles. The standard InChI is InChI=1S/C24H31N3O4/c1-15(2)27-23(30)19-9-8-17(14-20(19)24(27)31)22(29)26-12-10-18(11-13-26)25-21(28)16-6-4-3-5-7-16/h8-9,14-16,18H,3-7,10-13H2,1-2H3,(H,25,28). The van der Waals surface area contributed by atoms with Gasteiger partial charge in [-0.15, -0.1) is 0 Å². The van der Waals surface area contributed by atoms with Crippen molar-refractivity contribution in [3.63, 3.8) is 0 Å². The number of fused-ring (bicyclic) bond motifs is 1. The summed E-state index contributed by atoms with van der Waals surface area (Å²) >= 11 is 0. The molecule has 0 unspecified atom stereocenters. The molecule has 0 bridgehead atoms. The van der Waals surface area contributed by atoms with Crippen LogP contribution >= 0.6 is 0 Å². The van der Waals surface area contributed by atoms with Gasteiger partial charge in [0.05, 0.1) is 11.1 Å². The van der Waals surface area contributed by atoms with Crippen LogP contribution in [-0.2, 0) is 4.79 Å².